The molecular formula is C28H27F2N3O2. The van der Waals surface area contributed by atoms with Gasteiger partial charge in [-0.05, 0) is 37.0 Å². The van der Waals surface area contributed by atoms with Crippen molar-refractivity contribution in [2.75, 3.05) is 0 Å². The van der Waals surface area contributed by atoms with Crippen LogP contribution in [0.25, 0.3) is 11.3 Å². The first-order chi connectivity index (χ1) is 16.6. The maximum atomic E-state index is 13.5. The molecule has 3 aromatic carbocycles. The average molecular weight is 476 g/mol. The van der Waals surface area contributed by atoms with Crippen LogP contribution in [0, 0.1) is 24.0 Å². The average Bonchev–Trinajstić information content (AvgIpc) is 3.20. The predicted octanol–water partition coefficient (Wildman–Crippen LogP) is 7.02. The summed E-state index contributed by atoms with van der Waals surface area (Å²) in [4.78, 5) is 15.5. The Kier molecular flexibility index (Phi) is 6.78. The van der Waals surface area contributed by atoms with Crippen LogP contribution in [0.15, 0.2) is 72.9 Å². The molecule has 4 aromatic rings. The molecule has 0 bridgehead atoms. The fourth-order valence-corrected chi connectivity index (χ4v) is 4.16. The van der Waals surface area contributed by atoms with Crippen molar-refractivity contribution in [3.05, 3.63) is 117 Å². The summed E-state index contributed by atoms with van der Waals surface area (Å²) in [5, 5.41) is 11.0. The van der Waals surface area contributed by atoms with E-state index in [1.54, 1.807) is 24.3 Å². The molecule has 5 nitrogen and oxygen atoms in total. The lowest BCUT2D eigenvalue weighted by Crippen LogP contribution is -2.07. The van der Waals surface area contributed by atoms with Crippen LogP contribution in [0.4, 0.5) is 14.5 Å². The zero-order valence-corrected chi connectivity index (χ0v) is 20.0. The van der Waals surface area contributed by atoms with Gasteiger partial charge >= 0.3 is 0 Å². The van der Waals surface area contributed by atoms with Gasteiger partial charge in [-0.1, -0.05) is 60.2 Å². The molecule has 180 valence electrons. The molecule has 0 amide bonds. The summed E-state index contributed by atoms with van der Waals surface area (Å²) >= 11 is 0. The van der Waals surface area contributed by atoms with Crippen LogP contribution in [-0.2, 0) is 25.3 Å². The molecular weight excluding hydrogens is 448 g/mol. The van der Waals surface area contributed by atoms with E-state index in [1.807, 2.05) is 6.20 Å². The first-order valence-electron chi connectivity index (χ1n) is 11.4. The third-order valence-electron chi connectivity index (χ3n) is 6.12. The number of aromatic nitrogens is 2. The molecule has 0 fully saturated rings. The molecule has 0 aliphatic heterocycles. The van der Waals surface area contributed by atoms with Crippen LogP contribution in [0.2, 0.25) is 0 Å². The number of hydrogen-bond acceptors (Lipinski definition) is 3. The molecule has 1 heterocycles. The number of non-ortho nitro benzene ring substituents is 1. The minimum Gasteiger partial charge on any atom is -0.330 e. The Bertz CT molecular complexity index is 1340. The van der Waals surface area contributed by atoms with Gasteiger partial charge in [0.25, 0.3) is 11.6 Å². The molecule has 0 atom stereocenters. The topological polar surface area (TPSA) is 61.0 Å². The number of halogens is 2. The van der Waals surface area contributed by atoms with Crippen LogP contribution in [-0.4, -0.2) is 14.5 Å². The summed E-state index contributed by atoms with van der Waals surface area (Å²) in [6, 6.07) is 19.2. The van der Waals surface area contributed by atoms with E-state index in [9.17, 15) is 18.9 Å². The van der Waals surface area contributed by atoms with Crippen molar-refractivity contribution in [1.82, 2.24) is 9.55 Å². The lowest BCUT2D eigenvalue weighted by molar-refractivity contribution is -0.384. The van der Waals surface area contributed by atoms with E-state index < -0.39 is 10.8 Å². The minimum atomic E-state index is -2.86. The maximum absolute atomic E-state index is 13.5. The monoisotopic (exact) mass is 475 g/mol. The van der Waals surface area contributed by atoms with E-state index in [4.69, 9.17) is 4.98 Å². The summed E-state index contributed by atoms with van der Waals surface area (Å²) in [5.74, 6) is -2.00. The molecule has 1 aromatic heterocycles. The van der Waals surface area contributed by atoms with Gasteiger partial charge in [-0.15, -0.1) is 0 Å². The Hall–Kier alpha value is -3.87. The number of nitro benzene ring substituents is 1. The highest BCUT2D eigenvalue weighted by Gasteiger charge is 2.23. The van der Waals surface area contributed by atoms with E-state index in [0.717, 1.165) is 40.7 Å². The summed E-state index contributed by atoms with van der Waals surface area (Å²) in [6.45, 7) is 5.52. The van der Waals surface area contributed by atoms with Gasteiger partial charge in [-0.2, -0.15) is 0 Å². The summed E-state index contributed by atoms with van der Waals surface area (Å²) < 4.78 is 29.1. The Morgan fingerprint density at radius 2 is 1.60 bits per heavy atom. The fourth-order valence-electron chi connectivity index (χ4n) is 4.16. The minimum absolute atomic E-state index is 0.00180. The molecule has 0 aliphatic rings. The Balaban J connectivity index is 1.62. The van der Waals surface area contributed by atoms with E-state index in [-0.39, 0.29) is 11.3 Å². The van der Waals surface area contributed by atoms with E-state index >= 15 is 0 Å². The van der Waals surface area contributed by atoms with Gasteiger partial charge in [-0.3, -0.25) is 10.1 Å². The van der Waals surface area contributed by atoms with E-state index in [0.29, 0.717) is 19.4 Å². The molecule has 0 aliphatic carbocycles. The van der Waals surface area contributed by atoms with Crippen molar-refractivity contribution in [1.29, 1.82) is 0 Å². The summed E-state index contributed by atoms with van der Waals surface area (Å²) in [7, 11) is 0. The highest BCUT2D eigenvalue weighted by atomic mass is 19.3. The zero-order chi connectivity index (χ0) is 25.2. The van der Waals surface area contributed by atoms with Crippen molar-refractivity contribution >= 4 is 5.69 Å². The number of hydrogen-bond donors (Lipinski definition) is 0. The molecule has 4 rings (SSSR count). The Labute approximate surface area is 203 Å². The van der Waals surface area contributed by atoms with Gasteiger partial charge in [0.05, 0.1) is 10.6 Å². The number of nitrogens with zero attached hydrogens (tertiary/aromatic N) is 3. The van der Waals surface area contributed by atoms with Crippen LogP contribution in [0.3, 0.4) is 0 Å². The van der Waals surface area contributed by atoms with Gasteiger partial charge in [0.1, 0.15) is 5.82 Å². The molecule has 0 saturated heterocycles. The highest BCUT2D eigenvalue weighted by Crippen LogP contribution is 2.28. The molecule has 35 heavy (non-hydrogen) atoms. The first kappa shape index (κ1) is 24.3. The van der Waals surface area contributed by atoms with Crippen LogP contribution >= 0.6 is 0 Å². The summed E-state index contributed by atoms with van der Waals surface area (Å²) in [6.07, 6.45) is 3.29. The van der Waals surface area contributed by atoms with E-state index in [2.05, 4.69) is 36.6 Å². The van der Waals surface area contributed by atoms with Gasteiger partial charge < -0.3 is 4.57 Å². The number of aryl methyl sites for hydroxylation is 4. The molecule has 0 spiro atoms. The molecule has 0 radical (unpaired) electrons. The van der Waals surface area contributed by atoms with Crippen molar-refractivity contribution < 1.29 is 13.7 Å². The van der Waals surface area contributed by atoms with Gasteiger partial charge in [-0.25, -0.2) is 13.8 Å². The maximum Gasteiger partial charge on any atom is 0.270 e. The quantitative estimate of drug-likeness (QED) is 0.203. The molecule has 7 heteroatoms. The van der Waals surface area contributed by atoms with Gasteiger partial charge in [0, 0.05) is 49.3 Å². The second-order valence-electron chi connectivity index (χ2n) is 9.00. The second-order valence-corrected chi connectivity index (χ2v) is 9.00. The Morgan fingerprint density at radius 3 is 2.20 bits per heavy atom. The summed E-state index contributed by atoms with van der Waals surface area (Å²) in [5.41, 5.74) is 6.15. The third-order valence-corrected chi connectivity index (χ3v) is 6.12. The van der Waals surface area contributed by atoms with Crippen molar-refractivity contribution in [3.63, 3.8) is 0 Å². The number of benzene rings is 3. The molecule has 0 N–H and O–H groups in total. The van der Waals surface area contributed by atoms with Crippen LogP contribution in [0.1, 0.15) is 40.6 Å². The second kappa shape index (κ2) is 9.78. The largest absolute Gasteiger partial charge is 0.330 e. The predicted molar refractivity (Wildman–Crippen MR) is 133 cm³/mol. The van der Waals surface area contributed by atoms with Crippen LogP contribution < -0.4 is 0 Å². The normalized spacial score (nSPS) is 11.6. The fraction of sp³-hybridized carbons (Fsp3) is 0.250. The number of nitro groups is 1. The first-order valence-corrected chi connectivity index (χ1v) is 11.4. The van der Waals surface area contributed by atoms with Crippen LogP contribution in [0.5, 0.6) is 0 Å². The van der Waals surface area contributed by atoms with Gasteiger partial charge in [0.2, 0.25) is 0 Å². The smallest absolute Gasteiger partial charge is 0.270 e. The van der Waals surface area contributed by atoms with Gasteiger partial charge in [0.15, 0.2) is 0 Å². The number of imidazole rings is 1. The van der Waals surface area contributed by atoms with Crippen molar-refractivity contribution in [3.8, 4) is 11.3 Å². The van der Waals surface area contributed by atoms with E-state index in [1.165, 1.54) is 29.8 Å². The van der Waals surface area contributed by atoms with Crippen molar-refractivity contribution in [2.24, 2.45) is 0 Å². The zero-order valence-electron chi connectivity index (χ0n) is 20.0. The molecule has 0 unspecified atom stereocenters. The number of rotatable bonds is 8. The lowest BCUT2D eigenvalue weighted by atomic mass is 10.0. The molecule has 0 saturated carbocycles. The third kappa shape index (κ3) is 5.80. The highest BCUT2D eigenvalue weighted by molar-refractivity contribution is 5.63. The lowest BCUT2D eigenvalue weighted by Gasteiger charge is -2.11. The SMILES string of the molecule is Cc1ccc(-c2cn(Cc3ccc([N+](=O)[O-])cc3)c(CCc3ccc(C(C)(F)F)cc3)n2)c(C)c1. The van der Waals surface area contributed by atoms with Crippen molar-refractivity contribution in [2.45, 2.75) is 46.1 Å². The number of alkyl halides is 2. The standard InChI is InChI=1S/C28H27F2N3O2/c1-19-4-14-25(20(2)16-19)26-18-32(17-22-7-12-24(13-8-22)33(34)35)27(31-26)15-9-21-5-10-23(11-6-21)28(3,29)30/h4-8,10-14,16,18H,9,15,17H2,1-3H3. The Morgan fingerprint density at radius 1 is 0.943 bits per heavy atom.